The van der Waals surface area contributed by atoms with Crippen molar-refractivity contribution in [3.05, 3.63) is 35.1 Å². The number of hydrogen-bond donors (Lipinski definition) is 2. The van der Waals surface area contributed by atoms with Gasteiger partial charge in [0.15, 0.2) is 11.5 Å². The molecule has 0 spiro atoms. The van der Waals surface area contributed by atoms with Crippen molar-refractivity contribution in [1.82, 2.24) is 4.90 Å². The van der Waals surface area contributed by atoms with Crippen LogP contribution in [-0.4, -0.2) is 47.8 Å². The van der Waals surface area contributed by atoms with E-state index in [1.807, 2.05) is 0 Å². The van der Waals surface area contributed by atoms with Crippen molar-refractivity contribution in [2.45, 2.75) is 13.0 Å². The number of aliphatic hydroxyl groups is 2. The molecule has 1 aliphatic heterocycles. The van der Waals surface area contributed by atoms with Crippen molar-refractivity contribution in [3.63, 3.8) is 0 Å². The van der Waals surface area contributed by atoms with Crippen LogP contribution in [0.1, 0.15) is 18.5 Å². The molecule has 1 heterocycles. The van der Waals surface area contributed by atoms with E-state index in [4.69, 9.17) is 9.47 Å². The smallest absolute Gasteiger partial charge is 0.291 e. The van der Waals surface area contributed by atoms with Gasteiger partial charge in [-0.15, -0.1) is 0 Å². The Labute approximate surface area is 127 Å². The molecule has 1 aromatic carbocycles. The Morgan fingerprint density at radius 1 is 1.32 bits per heavy atom. The Balaban J connectivity index is 2.66. The Morgan fingerprint density at radius 2 is 2.00 bits per heavy atom. The maximum Gasteiger partial charge on any atom is 0.291 e. The first kappa shape index (κ1) is 15.8. The van der Waals surface area contributed by atoms with E-state index in [0.717, 1.165) is 4.90 Å². The van der Waals surface area contributed by atoms with Crippen LogP contribution < -0.4 is 9.47 Å². The minimum atomic E-state index is -0.931. The van der Waals surface area contributed by atoms with E-state index in [9.17, 15) is 19.8 Å². The average Bonchev–Trinajstić information content (AvgIpc) is 2.77. The number of hydrogen-bond acceptors (Lipinski definition) is 6. The maximum absolute atomic E-state index is 12.0. The van der Waals surface area contributed by atoms with Gasteiger partial charge in [-0.3, -0.25) is 9.59 Å². The number of aliphatic hydroxyl groups excluding tert-OH is 2. The maximum atomic E-state index is 12.0. The van der Waals surface area contributed by atoms with E-state index >= 15 is 0 Å². The van der Waals surface area contributed by atoms with Crippen LogP contribution in [0.2, 0.25) is 0 Å². The van der Waals surface area contributed by atoms with Gasteiger partial charge < -0.3 is 24.6 Å². The van der Waals surface area contributed by atoms with Crippen LogP contribution in [0.3, 0.4) is 0 Å². The molecule has 1 amide bonds. The lowest BCUT2D eigenvalue weighted by Gasteiger charge is -2.26. The van der Waals surface area contributed by atoms with Crippen molar-refractivity contribution in [2.24, 2.45) is 0 Å². The fourth-order valence-corrected chi connectivity index (χ4v) is 2.54. The highest BCUT2D eigenvalue weighted by Crippen LogP contribution is 2.42. The van der Waals surface area contributed by atoms with Crippen LogP contribution in [0.4, 0.5) is 0 Å². The summed E-state index contributed by atoms with van der Waals surface area (Å²) < 4.78 is 10.4. The molecule has 1 aromatic rings. The lowest BCUT2D eigenvalue weighted by molar-refractivity contribution is -0.133. The Hall–Kier alpha value is -2.54. The largest absolute Gasteiger partial charge is 0.503 e. The summed E-state index contributed by atoms with van der Waals surface area (Å²) in [4.78, 5) is 24.9. The molecule has 1 aliphatic rings. The van der Waals surface area contributed by atoms with Gasteiger partial charge in [0.05, 0.1) is 25.8 Å². The number of methoxy groups -OCH3 is 2. The standard InChI is InChI=1S/C15H17NO6/c1-8(18)12-13(16(7-17)15(20)14(12)19)10-6-9(21-2)4-5-11(10)22-3/h4-6,13,17,19H,7H2,1-3H3/t13-/m1/s1. The number of benzene rings is 1. The van der Waals surface area contributed by atoms with Gasteiger partial charge in [0.25, 0.3) is 5.91 Å². The summed E-state index contributed by atoms with van der Waals surface area (Å²) in [5, 5.41) is 19.4. The quantitative estimate of drug-likeness (QED) is 0.840. The van der Waals surface area contributed by atoms with Gasteiger partial charge in [-0.1, -0.05) is 0 Å². The number of Topliss-reactive ketones (excluding diaryl/α,β-unsaturated/α-hetero) is 1. The molecule has 22 heavy (non-hydrogen) atoms. The molecule has 118 valence electrons. The first-order valence-electron chi connectivity index (χ1n) is 6.54. The molecule has 0 saturated carbocycles. The Morgan fingerprint density at radius 3 is 2.50 bits per heavy atom. The van der Waals surface area contributed by atoms with E-state index in [1.165, 1.54) is 21.1 Å². The topological polar surface area (TPSA) is 96.3 Å². The van der Waals surface area contributed by atoms with Crippen molar-refractivity contribution in [3.8, 4) is 11.5 Å². The molecule has 1 atom stereocenters. The predicted octanol–water partition coefficient (Wildman–Crippen LogP) is 0.938. The van der Waals surface area contributed by atoms with Crippen LogP contribution in [-0.2, 0) is 9.59 Å². The third-order valence-corrected chi connectivity index (χ3v) is 3.57. The second kappa shape index (κ2) is 6.07. The molecule has 0 fully saturated rings. The lowest BCUT2D eigenvalue weighted by atomic mass is 9.96. The normalized spacial score (nSPS) is 17.9. The van der Waals surface area contributed by atoms with Crippen LogP contribution >= 0.6 is 0 Å². The fraction of sp³-hybridized carbons (Fsp3) is 0.333. The van der Waals surface area contributed by atoms with E-state index in [2.05, 4.69) is 0 Å². The SMILES string of the molecule is COc1ccc(OC)c([C@@H]2C(C(C)=O)=C(O)C(=O)N2CO)c1. The lowest BCUT2D eigenvalue weighted by Crippen LogP contribution is -2.32. The Bertz CT molecular complexity index is 651. The highest BCUT2D eigenvalue weighted by atomic mass is 16.5. The summed E-state index contributed by atoms with van der Waals surface area (Å²) >= 11 is 0. The highest BCUT2D eigenvalue weighted by molar-refractivity contribution is 6.08. The molecule has 7 heteroatoms. The van der Waals surface area contributed by atoms with Crippen LogP contribution in [0, 0.1) is 0 Å². The summed E-state index contributed by atoms with van der Waals surface area (Å²) in [6.07, 6.45) is 0. The number of rotatable bonds is 5. The van der Waals surface area contributed by atoms with Gasteiger partial charge in [-0.2, -0.15) is 0 Å². The summed E-state index contributed by atoms with van der Waals surface area (Å²) in [6, 6.07) is 3.96. The first-order valence-corrected chi connectivity index (χ1v) is 6.54. The van der Waals surface area contributed by atoms with Crippen molar-refractivity contribution in [1.29, 1.82) is 0 Å². The molecule has 7 nitrogen and oxygen atoms in total. The van der Waals surface area contributed by atoms with Crippen LogP contribution in [0.5, 0.6) is 11.5 Å². The zero-order valence-corrected chi connectivity index (χ0v) is 12.5. The fourth-order valence-electron chi connectivity index (χ4n) is 2.54. The second-order valence-corrected chi connectivity index (χ2v) is 4.75. The first-order chi connectivity index (χ1) is 10.5. The molecule has 0 aliphatic carbocycles. The molecule has 2 rings (SSSR count). The van der Waals surface area contributed by atoms with Crippen molar-refractivity contribution >= 4 is 11.7 Å². The molecular weight excluding hydrogens is 290 g/mol. The number of carbonyl (C=O) groups is 2. The minimum Gasteiger partial charge on any atom is -0.503 e. The minimum absolute atomic E-state index is 0.0781. The number of ether oxygens (including phenoxy) is 2. The van der Waals surface area contributed by atoms with Crippen molar-refractivity contribution in [2.75, 3.05) is 21.0 Å². The zero-order chi connectivity index (χ0) is 16.4. The van der Waals surface area contributed by atoms with E-state index < -0.39 is 30.2 Å². The van der Waals surface area contributed by atoms with Gasteiger partial charge >= 0.3 is 0 Å². The molecule has 0 aromatic heterocycles. The van der Waals surface area contributed by atoms with Gasteiger partial charge in [-0.25, -0.2) is 0 Å². The van der Waals surface area contributed by atoms with Crippen LogP contribution in [0.15, 0.2) is 29.5 Å². The predicted molar refractivity (Wildman–Crippen MR) is 76.6 cm³/mol. The summed E-state index contributed by atoms with van der Waals surface area (Å²) in [6.45, 7) is 0.601. The van der Waals surface area contributed by atoms with Gasteiger partial charge in [-0.05, 0) is 25.1 Å². The summed E-state index contributed by atoms with van der Waals surface area (Å²) in [7, 11) is 2.93. The molecule has 0 unspecified atom stereocenters. The molecular formula is C15H17NO6. The van der Waals surface area contributed by atoms with E-state index in [0.29, 0.717) is 17.1 Å². The third kappa shape index (κ3) is 2.39. The van der Waals surface area contributed by atoms with Gasteiger partial charge in [0, 0.05) is 5.56 Å². The summed E-state index contributed by atoms with van der Waals surface area (Å²) in [5.41, 5.74) is 0.365. The monoisotopic (exact) mass is 307 g/mol. The molecule has 0 radical (unpaired) electrons. The summed E-state index contributed by atoms with van der Waals surface area (Å²) in [5.74, 6) is -1.02. The van der Waals surface area contributed by atoms with E-state index in [1.54, 1.807) is 18.2 Å². The Kier molecular flexibility index (Phi) is 4.37. The number of amides is 1. The number of nitrogens with zero attached hydrogens (tertiary/aromatic N) is 1. The highest BCUT2D eigenvalue weighted by Gasteiger charge is 2.43. The molecule has 0 bridgehead atoms. The van der Waals surface area contributed by atoms with E-state index in [-0.39, 0.29) is 5.57 Å². The number of ketones is 1. The molecule has 2 N–H and O–H groups in total. The van der Waals surface area contributed by atoms with Gasteiger partial charge in [0.2, 0.25) is 0 Å². The number of carbonyl (C=O) groups excluding carboxylic acids is 2. The van der Waals surface area contributed by atoms with Crippen LogP contribution in [0.25, 0.3) is 0 Å². The third-order valence-electron chi connectivity index (χ3n) is 3.57. The van der Waals surface area contributed by atoms with Gasteiger partial charge in [0.1, 0.15) is 18.2 Å². The molecule has 0 saturated heterocycles. The average molecular weight is 307 g/mol. The zero-order valence-electron chi connectivity index (χ0n) is 12.5. The second-order valence-electron chi connectivity index (χ2n) is 4.75. The van der Waals surface area contributed by atoms with Crippen molar-refractivity contribution < 1.29 is 29.3 Å².